The molecule has 0 saturated carbocycles. The molecule has 9 rings (SSSR count). The Balaban J connectivity index is 0.000000227. The number of nitrogen functional groups attached to an aromatic ring is 3. The van der Waals surface area contributed by atoms with Gasteiger partial charge in [0.05, 0.1) is 26.4 Å². The summed E-state index contributed by atoms with van der Waals surface area (Å²) in [5.74, 6) is 0.567. The average Bonchev–Trinajstić information content (AvgIpc) is 4.16. The summed E-state index contributed by atoms with van der Waals surface area (Å²) in [6.07, 6.45) is -11.2. The fourth-order valence-electron chi connectivity index (χ4n) is 7.79. The smallest absolute Gasteiger partial charge is 1.00 e. The Morgan fingerprint density at radius 2 is 1.00 bits per heavy atom. The molecule has 30 nitrogen and oxygen atoms in total. The molecule has 6 aromatic heterocycles. The summed E-state index contributed by atoms with van der Waals surface area (Å²) in [7, 11) is 0. The molecule has 7 unspecified atom stereocenters. The van der Waals surface area contributed by atoms with Crippen LogP contribution in [0.3, 0.4) is 0 Å². The molecule has 13 atom stereocenters. The Kier molecular flexibility index (Phi) is 18.2. The molecule has 16 N–H and O–H groups in total. The zero-order valence-corrected chi connectivity index (χ0v) is 40.0. The fraction of sp³-hybridized carbons (Fsp3) is 0.526. The summed E-state index contributed by atoms with van der Waals surface area (Å²) < 4.78 is 26.0. The summed E-state index contributed by atoms with van der Waals surface area (Å²) in [5, 5.41) is 98.0. The van der Waals surface area contributed by atoms with Gasteiger partial charge in [0, 0.05) is 15.3 Å². The van der Waals surface area contributed by atoms with Crippen molar-refractivity contribution in [3.63, 3.8) is 0 Å². The van der Waals surface area contributed by atoms with E-state index in [0.717, 1.165) is 0 Å². The Morgan fingerprint density at radius 1 is 0.657 bits per heavy atom. The van der Waals surface area contributed by atoms with Gasteiger partial charge >= 0.3 is 29.6 Å². The molecule has 3 saturated heterocycles. The Morgan fingerprint density at radius 3 is 1.34 bits per heavy atom. The van der Waals surface area contributed by atoms with Crippen LogP contribution >= 0.6 is 0 Å². The normalized spacial score (nSPS) is 27.6. The first-order valence-corrected chi connectivity index (χ1v) is 20.7. The number of carbonyl (C=O) groups excluding carboxylic acids is 1. The SMILES string of the molecule is C=C(OCC)c1nc2c(N)ncnc2n1[C@@H]1OC(CO)[C@@H](O)C1O.CC(=O)c1nc2c(N)ncnc2n1[C@@H]1OC(CO)[C@@H](O)C1O.CC(O)c1nc2c(N)ncnc2n1[C@@H]1OC(CO)[C@@H](O)C1O.[B].[H-].[Na+]. The zero-order chi connectivity index (χ0) is 49.5. The van der Waals surface area contributed by atoms with E-state index < -0.39 is 105 Å². The van der Waals surface area contributed by atoms with Crippen LogP contribution in [0.5, 0.6) is 0 Å². The van der Waals surface area contributed by atoms with E-state index in [1.807, 2.05) is 0 Å². The van der Waals surface area contributed by atoms with Gasteiger partial charge in [-0.15, -0.1) is 0 Å². The number of ether oxygens (including phenoxy) is 4. The minimum atomic E-state index is -1.36. The molecule has 6 aromatic rings. The molecule has 0 bridgehead atoms. The second-order valence-corrected chi connectivity index (χ2v) is 15.5. The number of hydrogen-bond donors (Lipinski definition) is 13. The number of rotatable bonds is 11. The minimum absolute atomic E-state index is 0. The van der Waals surface area contributed by atoms with Crippen molar-refractivity contribution in [2.24, 2.45) is 0 Å². The Labute approximate surface area is 420 Å². The molecular formula is C38H52BN15NaO15. The number of nitrogens with zero attached hydrogens (tertiary/aromatic N) is 12. The molecule has 3 aliphatic rings. The van der Waals surface area contributed by atoms with Crippen molar-refractivity contribution in [1.29, 1.82) is 0 Å². The topological polar surface area (TPSA) is 465 Å². The van der Waals surface area contributed by atoms with Crippen LogP contribution in [0.1, 0.15) is 69.3 Å². The van der Waals surface area contributed by atoms with Crippen molar-refractivity contribution in [3.8, 4) is 0 Å². The number of anilines is 3. The van der Waals surface area contributed by atoms with Crippen molar-refractivity contribution in [1.82, 2.24) is 58.6 Å². The molecule has 3 aliphatic heterocycles. The molecule has 70 heavy (non-hydrogen) atoms. The van der Waals surface area contributed by atoms with Gasteiger partial charge in [-0.3, -0.25) is 18.5 Å². The van der Waals surface area contributed by atoms with Crippen LogP contribution in [0.25, 0.3) is 39.3 Å². The quantitative estimate of drug-likeness (QED) is 0.0326. The van der Waals surface area contributed by atoms with Crippen molar-refractivity contribution in [2.75, 3.05) is 43.6 Å². The van der Waals surface area contributed by atoms with Gasteiger partial charge in [0.1, 0.15) is 85.8 Å². The first-order valence-electron chi connectivity index (χ1n) is 20.7. The second kappa shape index (κ2) is 22.9. The molecule has 0 aromatic carbocycles. The van der Waals surface area contributed by atoms with Gasteiger partial charge in [-0.05, 0) is 13.8 Å². The summed E-state index contributed by atoms with van der Waals surface area (Å²) >= 11 is 0. The molecule has 0 aliphatic carbocycles. The van der Waals surface area contributed by atoms with E-state index in [0.29, 0.717) is 17.8 Å². The van der Waals surface area contributed by atoms with Crippen LogP contribution < -0.4 is 46.8 Å². The van der Waals surface area contributed by atoms with Gasteiger partial charge in [0.25, 0.3) is 0 Å². The van der Waals surface area contributed by atoms with Gasteiger partial charge in [-0.1, -0.05) is 6.58 Å². The molecule has 3 fully saturated rings. The maximum atomic E-state index is 11.8. The summed E-state index contributed by atoms with van der Waals surface area (Å²) in [4.78, 5) is 48.2. The monoisotopic (exact) mass is 992 g/mol. The van der Waals surface area contributed by atoms with E-state index in [-0.39, 0.29) is 102 Å². The van der Waals surface area contributed by atoms with E-state index in [9.17, 15) is 55.9 Å². The number of carbonyl (C=O) groups is 1. The first kappa shape index (κ1) is 55.7. The van der Waals surface area contributed by atoms with E-state index in [2.05, 4.69) is 51.4 Å². The number of imidazole rings is 3. The molecule has 9 heterocycles. The number of aromatic nitrogens is 12. The maximum absolute atomic E-state index is 11.8. The van der Waals surface area contributed by atoms with Gasteiger partial charge in [-0.25, -0.2) is 44.9 Å². The van der Waals surface area contributed by atoms with Crippen LogP contribution in [-0.2, 0) is 18.9 Å². The minimum Gasteiger partial charge on any atom is -1.00 e. The van der Waals surface area contributed by atoms with Crippen LogP contribution in [0.15, 0.2) is 25.6 Å². The van der Waals surface area contributed by atoms with Crippen molar-refractivity contribution >= 4 is 70.9 Å². The maximum Gasteiger partial charge on any atom is 1.00 e. The standard InChI is InChI=1S/C14H19N5O5.C12H17N5O5.C12H15N5O5.B.Na.H/c1-3-23-6(2)12-18-8-11(15)16-5-17-13(8)19(12)14-10(22)9(21)7(4-20)24-14;2*1-4(19)10-16-6-9(13)14-3-15-11(6)17(10)12-8(21)7(20)5(2-18)22-12;;;/h5,7,9-10,14,20-22H,2-4H2,1H3,(H2,15,16,17);3-5,7-8,12,18-21H,2H2,1H3,(H2,13,14,15);3,5,7-8,12,18,20-21H,2H2,1H3,(H2,13,14,15);;;/q;;;;+1;-1/t7?,9-,10?,14-;4?,5?,7-,8?,12-;5?,7-,8?,12-;;;/m111.../s1. The predicted molar refractivity (Wildman–Crippen MR) is 236 cm³/mol. The van der Waals surface area contributed by atoms with Crippen molar-refractivity contribution < 1.29 is 106 Å². The number of fused-ring (bicyclic) bond motifs is 3. The number of aliphatic hydroxyl groups excluding tert-OH is 10. The van der Waals surface area contributed by atoms with Gasteiger partial charge in [0.2, 0.25) is 0 Å². The van der Waals surface area contributed by atoms with Crippen molar-refractivity contribution in [2.45, 2.75) is 100 Å². The summed E-state index contributed by atoms with van der Waals surface area (Å²) in [6.45, 7) is 7.37. The van der Waals surface area contributed by atoms with E-state index in [1.54, 1.807) is 6.92 Å². The van der Waals surface area contributed by atoms with Crippen molar-refractivity contribution in [3.05, 3.63) is 43.0 Å². The molecule has 3 radical (unpaired) electrons. The fourth-order valence-corrected chi connectivity index (χ4v) is 7.79. The number of ketones is 1. The van der Waals surface area contributed by atoms with Crippen LogP contribution in [0.2, 0.25) is 0 Å². The molecule has 0 amide bonds. The van der Waals surface area contributed by atoms with Crippen LogP contribution in [0, 0.1) is 0 Å². The van der Waals surface area contributed by atoms with Gasteiger partial charge < -0.3 is 88.6 Å². The number of hydrogen-bond acceptors (Lipinski definition) is 27. The molecule has 0 spiro atoms. The van der Waals surface area contributed by atoms with E-state index in [4.69, 9.17) is 36.1 Å². The Bertz CT molecular complexity index is 2790. The summed E-state index contributed by atoms with van der Waals surface area (Å²) in [6, 6.07) is 0. The first-order chi connectivity index (χ1) is 32.4. The zero-order valence-electron chi connectivity index (χ0n) is 39.0. The second-order valence-electron chi connectivity index (χ2n) is 15.5. The number of nitrogens with two attached hydrogens (primary N) is 3. The van der Waals surface area contributed by atoms with Gasteiger partial charge in [-0.2, -0.15) is 0 Å². The molecule has 373 valence electrons. The molecule has 32 heteroatoms. The largest absolute Gasteiger partial charge is 1.00 e. The average molecular weight is 993 g/mol. The third kappa shape index (κ3) is 10.1. The van der Waals surface area contributed by atoms with Crippen LogP contribution in [-0.4, -0.2) is 205 Å². The third-order valence-corrected chi connectivity index (χ3v) is 11.1. The number of Topliss-reactive ketones (excluding diaryl/α,β-unsaturated/α-hetero) is 1. The van der Waals surface area contributed by atoms with Gasteiger partial charge in [0.15, 0.2) is 92.8 Å². The van der Waals surface area contributed by atoms with Crippen LogP contribution in [0.4, 0.5) is 17.5 Å². The predicted octanol–water partition coefficient (Wildman–Crippen LogP) is -7.94. The third-order valence-electron chi connectivity index (χ3n) is 11.1. The number of aliphatic hydroxyl groups is 10. The summed E-state index contributed by atoms with van der Waals surface area (Å²) in [5.41, 5.74) is 18.8. The van der Waals surface area contributed by atoms with E-state index in [1.165, 1.54) is 46.5 Å². The molecular weight excluding hydrogens is 940 g/mol. The Hall–Kier alpha value is -5.20. The van der Waals surface area contributed by atoms with E-state index >= 15 is 0 Å².